The molecule has 1 unspecified atom stereocenters. The molecule has 0 radical (unpaired) electrons. The quantitative estimate of drug-likeness (QED) is 0.677. The molecule has 0 spiro atoms. The zero-order chi connectivity index (χ0) is 11.6. The number of piperidine rings is 1. The van der Waals surface area contributed by atoms with Crippen LogP contribution in [0.4, 0.5) is 0 Å². The number of hydrogen-bond donors (Lipinski definition) is 0. The first-order chi connectivity index (χ1) is 7.63. The molecule has 1 saturated carbocycles. The van der Waals surface area contributed by atoms with Crippen LogP contribution in [0, 0.1) is 17.2 Å². The number of likely N-dealkylation sites (tertiary alicyclic amines) is 1. The highest BCUT2D eigenvalue weighted by Gasteiger charge is 2.38. The molecule has 2 fully saturated rings. The minimum Gasteiger partial charge on any atom is -0.295 e. The zero-order valence-corrected chi connectivity index (χ0v) is 10.7. The Morgan fingerprint density at radius 2 is 1.81 bits per heavy atom. The van der Waals surface area contributed by atoms with Crippen LogP contribution >= 0.6 is 0 Å². The van der Waals surface area contributed by atoms with Crippen molar-refractivity contribution in [2.24, 2.45) is 5.92 Å². The van der Waals surface area contributed by atoms with Crippen molar-refractivity contribution in [3.8, 4) is 6.07 Å². The number of rotatable bonds is 1. The van der Waals surface area contributed by atoms with Crippen molar-refractivity contribution in [3.63, 3.8) is 0 Å². The molecule has 0 amide bonds. The van der Waals surface area contributed by atoms with Crippen LogP contribution < -0.4 is 0 Å². The van der Waals surface area contributed by atoms with Crippen LogP contribution in [-0.4, -0.2) is 23.0 Å². The lowest BCUT2D eigenvalue weighted by atomic mass is 9.80. The second-order valence-corrected chi connectivity index (χ2v) is 6.12. The monoisotopic (exact) mass is 220 g/mol. The Hall–Kier alpha value is -0.550. The molecule has 1 aliphatic heterocycles. The maximum Gasteiger partial charge on any atom is 0.0657 e. The number of nitriles is 1. The van der Waals surface area contributed by atoms with Gasteiger partial charge in [-0.15, -0.1) is 0 Å². The SMILES string of the molecule is CC1(C)CC(C#N)CCN1C1CCCCC1. The van der Waals surface area contributed by atoms with E-state index in [9.17, 15) is 0 Å². The summed E-state index contributed by atoms with van der Waals surface area (Å²) in [5.41, 5.74) is 0.237. The van der Waals surface area contributed by atoms with E-state index in [0.29, 0.717) is 0 Å². The van der Waals surface area contributed by atoms with Gasteiger partial charge in [0.25, 0.3) is 0 Å². The predicted molar refractivity (Wildman–Crippen MR) is 66.0 cm³/mol. The second kappa shape index (κ2) is 4.75. The van der Waals surface area contributed by atoms with Crippen molar-refractivity contribution in [3.05, 3.63) is 0 Å². The van der Waals surface area contributed by atoms with Crippen LogP contribution in [0.5, 0.6) is 0 Å². The molecule has 2 nitrogen and oxygen atoms in total. The van der Waals surface area contributed by atoms with Crippen molar-refractivity contribution in [1.29, 1.82) is 5.26 Å². The van der Waals surface area contributed by atoms with E-state index in [0.717, 1.165) is 25.4 Å². The molecule has 0 aromatic rings. The molecule has 0 N–H and O–H groups in total. The van der Waals surface area contributed by atoms with Gasteiger partial charge in [-0.05, 0) is 39.5 Å². The molecular formula is C14H24N2. The van der Waals surface area contributed by atoms with Gasteiger partial charge in [0.05, 0.1) is 6.07 Å². The summed E-state index contributed by atoms with van der Waals surface area (Å²) in [6.45, 7) is 5.78. The Labute approximate surface area is 99.6 Å². The Morgan fingerprint density at radius 3 is 2.38 bits per heavy atom. The van der Waals surface area contributed by atoms with Crippen LogP contribution in [-0.2, 0) is 0 Å². The summed E-state index contributed by atoms with van der Waals surface area (Å²) in [7, 11) is 0. The highest BCUT2D eigenvalue weighted by molar-refractivity contribution is 4.99. The van der Waals surface area contributed by atoms with Gasteiger partial charge in [0.2, 0.25) is 0 Å². The molecule has 1 atom stereocenters. The van der Waals surface area contributed by atoms with Gasteiger partial charge in [-0.25, -0.2) is 0 Å². The van der Waals surface area contributed by atoms with Crippen molar-refractivity contribution in [2.75, 3.05) is 6.54 Å². The van der Waals surface area contributed by atoms with Crippen molar-refractivity contribution in [2.45, 2.75) is 70.4 Å². The minimum atomic E-state index is 0.237. The fourth-order valence-corrected chi connectivity index (χ4v) is 3.60. The fraction of sp³-hybridized carbons (Fsp3) is 0.929. The van der Waals surface area contributed by atoms with Crippen LogP contribution in [0.15, 0.2) is 0 Å². The summed E-state index contributed by atoms with van der Waals surface area (Å²) in [4.78, 5) is 2.69. The topological polar surface area (TPSA) is 27.0 Å². The lowest BCUT2D eigenvalue weighted by molar-refractivity contribution is 0.00585. The van der Waals surface area contributed by atoms with E-state index in [1.165, 1.54) is 32.1 Å². The average Bonchev–Trinajstić information content (AvgIpc) is 2.28. The first kappa shape index (κ1) is 11.9. The first-order valence-corrected chi connectivity index (χ1v) is 6.80. The zero-order valence-electron chi connectivity index (χ0n) is 10.7. The highest BCUT2D eigenvalue weighted by Crippen LogP contribution is 2.36. The minimum absolute atomic E-state index is 0.237. The maximum atomic E-state index is 9.05. The lowest BCUT2D eigenvalue weighted by Crippen LogP contribution is -2.54. The van der Waals surface area contributed by atoms with E-state index in [2.05, 4.69) is 24.8 Å². The number of hydrogen-bond acceptors (Lipinski definition) is 2. The van der Waals surface area contributed by atoms with Gasteiger partial charge in [-0.3, -0.25) is 4.90 Å². The molecule has 1 heterocycles. The molecule has 2 heteroatoms. The predicted octanol–water partition coefficient (Wildman–Crippen LogP) is 3.33. The van der Waals surface area contributed by atoms with Gasteiger partial charge >= 0.3 is 0 Å². The second-order valence-electron chi connectivity index (χ2n) is 6.12. The van der Waals surface area contributed by atoms with E-state index < -0.39 is 0 Å². The summed E-state index contributed by atoms with van der Waals surface area (Å²) in [5, 5.41) is 9.05. The van der Waals surface area contributed by atoms with Gasteiger partial charge in [0, 0.05) is 24.0 Å². The Balaban J connectivity index is 2.02. The van der Waals surface area contributed by atoms with Crippen LogP contribution in [0.3, 0.4) is 0 Å². The molecule has 1 aliphatic carbocycles. The Bertz CT molecular complexity index is 271. The van der Waals surface area contributed by atoms with Crippen LogP contribution in [0.2, 0.25) is 0 Å². The first-order valence-electron chi connectivity index (χ1n) is 6.80. The van der Waals surface area contributed by atoms with E-state index >= 15 is 0 Å². The largest absolute Gasteiger partial charge is 0.295 e. The molecule has 2 aliphatic rings. The van der Waals surface area contributed by atoms with Crippen LogP contribution in [0.1, 0.15) is 58.8 Å². The van der Waals surface area contributed by atoms with Gasteiger partial charge in [-0.2, -0.15) is 5.26 Å². The van der Waals surface area contributed by atoms with E-state index in [1.807, 2.05) is 0 Å². The molecule has 0 aromatic carbocycles. The molecule has 2 rings (SSSR count). The highest BCUT2D eigenvalue weighted by atomic mass is 15.2. The molecular weight excluding hydrogens is 196 g/mol. The smallest absolute Gasteiger partial charge is 0.0657 e. The summed E-state index contributed by atoms with van der Waals surface area (Å²) < 4.78 is 0. The van der Waals surface area contributed by atoms with Gasteiger partial charge < -0.3 is 0 Å². The third kappa shape index (κ3) is 2.40. The molecule has 1 saturated heterocycles. The lowest BCUT2D eigenvalue weighted by Gasteiger charge is -2.49. The Morgan fingerprint density at radius 1 is 1.12 bits per heavy atom. The van der Waals surface area contributed by atoms with E-state index in [-0.39, 0.29) is 11.5 Å². The molecule has 0 bridgehead atoms. The normalized spacial score (nSPS) is 32.2. The van der Waals surface area contributed by atoms with Gasteiger partial charge in [0.1, 0.15) is 0 Å². The molecule has 90 valence electrons. The van der Waals surface area contributed by atoms with Crippen molar-refractivity contribution in [1.82, 2.24) is 4.90 Å². The summed E-state index contributed by atoms with van der Waals surface area (Å²) in [5.74, 6) is 0.287. The standard InChI is InChI=1S/C14H24N2/c1-14(2)10-12(11-15)8-9-16(14)13-6-4-3-5-7-13/h12-13H,3-10H2,1-2H3. The Kier molecular flexibility index (Phi) is 3.54. The third-order valence-corrected chi connectivity index (χ3v) is 4.44. The summed E-state index contributed by atoms with van der Waals surface area (Å²) in [6, 6.07) is 3.25. The van der Waals surface area contributed by atoms with Gasteiger partial charge in [-0.1, -0.05) is 19.3 Å². The molecule has 16 heavy (non-hydrogen) atoms. The van der Waals surface area contributed by atoms with E-state index in [1.54, 1.807) is 0 Å². The van der Waals surface area contributed by atoms with E-state index in [4.69, 9.17) is 5.26 Å². The van der Waals surface area contributed by atoms with Crippen molar-refractivity contribution >= 4 is 0 Å². The van der Waals surface area contributed by atoms with Crippen LogP contribution in [0.25, 0.3) is 0 Å². The van der Waals surface area contributed by atoms with Crippen molar-refractivity contribution < 1.29 is 0 Å². The third-order valence-electron chi connectivity index (χ3n) is 4.44. The maximum absolute atomic E-state index is 9.05. The van der Waals surface area contributed by atoms with Gasteiger partial charge in [0.15, 0.2) is 0 Å². The summed E-state index contributed by atoms with van der Waals surface area (Å²) >= 11 is 0. The average molecular weight is 220 g/mol. The molecule has 0 aromatic heterocycles. The summed E-state index contributed by atoms with van der Waals surface area (Å²) in [6.07, 6.45) is 9.11. The number of nitrogens with zero attached hydrogens (tertiary/aromatic N) is 2. The fourth-order valence-electron chi connectivity index (χ4n) is 3.60.